The van der Waals surface area contributed by atoms with E-state index in [1.54, 1.807) is 0 Å². The van der Waals surface area contributed by atoms with Crippen LogP contribution >= 0.6 is 0 Å². The molecule has 10 nitrogen and oxygen atoms in total. The minimum absolute atomic E-state index is 0.0511. The summed E-state index contributed by atoms with van der Waals surface area (Å²) in [6, 6.07) is -0.586. The minimum atomic E-state index is -0.914. The molecule has 0 radical (unpaired) electrons. The second-order valence-electron chi connectivity index (χ2n) is 4.16. The third kappa shape index (κ3) is 2.81. The third-order valence-corrected chi connectivity index (χ3v) is 3.00. The maximum atomic E-state index is 10.8. The highest BCUT2D eigenvalue weighted by Gasteiger charge is 2.31. The van der Waals surface area contributed by atoms with Crippen molar-refractivity contribution >= 4 is 5.69 Å². The van der Waals surface area contributed by atoms with E-state index in [2.05, 4.69) is 20.2 Å². The van der Waals surface area contributed by atoms with Crippen molar-refractivity contribution in [3.63, 3.8) is 0 Å². The smallest absolute Gasteiger partial charge is 0.312 e. The van der Waals surface area contributed by atoms with Crippen LogP contribution in [0, 0.1) is 10.1 Å². The van der Waals surface area contributed by atoms with Gasteiger partial charge in [-0.2, -0.15) is 5.10 Å². The Bertz CT molecular complexity index is 511. The molecule has 0 unspecified atom stereocenters. The van der Waals surface area contributed by atoms with E-state index in [1.807, 2.05) is 0 Å². The molecule has 10 heteroatoms. The Kier molecular flexibility index (Phi) is 3.95. The molecule has 2 N–H and O–H groups in total. The van der Waals surface area contributed by atoms with E-state index in [0.717, 1.165) is 6.20 Å². The molecule has 3 atom stereocenters. The van der Waals surface area contributed by atoms with Crippen LogP contribution in [0.2, 0.25) is 0 Å². The molecule has 0 spiro atoms. The topological polar surface area (TPSA) is 150 Å². The van der Waals surface area contributed by atoms with Crippen molar-refractivity contribution in [2.24, 2.45) is 5.11 Å². The zero-order valence-electron chi connectivity index (χ0n) is 9.84. The number of rotatable bonds is 3. The van der Waals surface area contributed by atoms with E-state index in [9.17, 15) is 15.2 Å². The summed E-state index contributed by atoms with van der Waals surface area (Å²) in [6.45, 7) is -0.0511. The highest BCUT2D eigenvalue weighted by atomic mass is 16.6. The average molecular weight is 268 g/mol. The van der Waals surface area contributed by atoms with Crippen molar-refractivity contribution in [3.05, 3.63) is 32.4 Å². The molecule has 0 saturated carbocycles. The number of aromatic nitrogens is 2. The Labute approximate surface area is 107 Å². The number of aliphatic hydroxyl groups is 1. The molecule has 0 bridgehead atoms. The normalized spacial score (nSPS) is 27.3. The molecular formula is C9H12N6O4. The molecule has 2 rings (SSSR count). The monoisotopic (exact) mass is 268 g/mol. The van der Waals surface area contributed by atoms with Gasteiger partial charge in [0, 0.05) is 4.91 Å². The van der Waals surface area contributed by atoms with Gasteiger partial charge in [-0.1, -0.05) is 5.11 Å². The summed E-state index contributed by atoms with van der Waals surface area (Å²) in [5, 5.41) is 30.2. The van der Waals surface area contributed by atoms with Crippen molar-refractivity contribution in [1.29, 1.82) is 0 Å². The van der Waals surface area contributed by atoms with Crippen LogP contribution in [0.3, 0.4) is 0 Å². The van der Waals surface area contributed by atoms with Gasteiger partial charge in [0.25, 0.3) is 0 Å². The first-order chi connectivity index (χ1) is 9.13. The van der Waals surface area contributed by atoms with Gasteiger partial charge in [-0.15, -0.1) is 0 Å². The molecule has 0 aliphatic carbocycles. The molecule has 1 aromatic rings. The number of azide groups is 1. The van der Waals surface area contributed by atoms with E-state index in [1.165, 1.54) is 0 Å². The Morgan fingerprint density at radius 2 is 2.47 bits per heavy atom. The van der Waals surface area contributed by atoms with Crippen molar-refractivity contribution in [1.82, 2.24) is 10.2 Å². The second-order valence-corrected chi connectivity index (χ2v) is 4.16. The van der Waals surface area contributed by atoms with Gasteiger partial charge < -0.3 is 9.84 Å². The first-order valence-electron chi connectivity index (χ1n) is 5.65. The Balaban J connectivity index is 2.16. The number of hydrogen-bond donors (Lipinski definition) is 2. The van der Waals surface area contributed by atoms with Gasteiger partial charge in [0.2, 0.25) is 0 Å². The molecule has 1 aliphatic heterocycles. The minimum Gasteiger partial charge on any atom is -0.390 e. The van der Waals surface area contributed by atoms with Crippen molar-refractivity contribution in [2.75, 3.05) is 6.61 Å². The molecule has 2 heterocycles. The number of nitrogens with one attached hydrogen (secondary N) is 1. The maximum absolute atomic E-state index is 10.8. The van der Waals surface area contributed by atoms with E-state index >= 15 is 0 Å². The molecule has 102 valence electrons. The Morgan fingerprint density at radius 1 is 1.68 bits per heavy atom. The lowest BCUT2D eigenvalue weighted by Crippen LogP contribution is -2.26. The molecule has 0 amide bonds. The summed E-state index contributed by atoms with van der Waals surface area (Å²) in [7, 11) is 0. The molecular weight excluding hydrogens is 256 g/mol. The lowest BCUT2D eigenvalue weighted by atomic mass is 10.0. The van der Waals surface area contributed by atoms with Crippen molar-refractivity contribution in [3.8, 4) is 0 Å². The van der Waals surface area contributed by atoms with Gasteiger partial charge in [-0.3, -0.25) is 15.2 Å². The fourth-order valence-electron chi connectivity index (χ4n) is 2.02. The van der Waals surface area contributed by atoms with Gasteiger partial charge in [0.15, 0.2) is 0 Å². The fraction of sp³-hybridized carbons (Fsp3) is 0.667. The van der Waals surface area contributed by atoms with Crippen LogP contribution in [0.15, 0.2) is 11.3 Å². The standard InChI is InChI=1S/C9H12N6O4/c10-14-12-5-1-2-8(19-4-7(5)16)9-6(15(17)18)3-11-13-9/h3,5,7-8,16H,1-2,4H2,(H,11,13)/t5-,7-,8+/m1/s1. The second kappa shape index (κ2) is 5.65. The van der Waals surface area contributed by atoms with Gasteiger partial charge >= 0.3 is 5.69 Å². The van der Waals surface area contributed by atoms with Crippen molar-refractivity contribution in [2.45, 2.75) is 31.1 Å². The zero-order valence-corrected chi connectivity index (χ0v) is 9.84. The zero-order chi connectivity index (χ0) is 13.8. The number of aromatic amines is 1. The highest BCUT2D eigenvalue weighted by molar-refractivity contribution is 5.33. The number of aliphatic hydroxyl groups excluding tert-OH is 1. The predicted octanol–water partition coefficient (Wildman–Crippen LogP) is 1.21. The van der Waals surface area contributed by atoms with E-state index in [4.69, 9.17) is 10.3 Å². The molecule has 1 saturated heterocycles. The molecule has 1 fully saturated rings. The number of H-pyrrole nitrogens is 1. The summed E-state index contributed by atoms with van der Waals surface area (Å²) in [4.78, 5) is 12.9. The van der Waals surface area contributed by atoms with E-state index in [0.29, 0.717) is 12.8 Å². The van der Waals surface area contributed by atoms with Crippen LogP contribution < -0.4 is 0 Å². The molecule has 19 heavy (non-hydrogen) atoms. The Morgan fingerprint density at radius 3 is 3.16 bits per heavy atom. The van der Waals surface area contributed by atoms with Gasteiger partial charge in [0.1, 0.15) is 18.0 Å². The summed E-state index contributed by atoms with van der Waals surface area (Å²) < 4.78 is 5.42. The predicted molar refractivity (Wildman–Crippen MR) is 62.1 cm³/mol. The van der Waals surface area contributed by atoms with Crippen LogP contribution in [0.1, 0.15) is 24.6 Å². The maximum Gasteiger partial charge on any atom is 0.312 e. The summed E-state index contributed by atoms with van der Waals surface area (Å²) in [6.07, 6.45) is 0.403. The van der Waals surface area contributed by atoms with Crippen molar-refractivity contribution < 1.29 is 14.8 Å². The Hall–Kier alpha value is -2.16. The van der Waals surface area contributed by atoms with Gasteiger partial charge in [0.05, 0.1) is 23.7 Å². The molecule has 1 aliphatic rings. The van der Waals surface area contributed by atoms with Crippen LogP contribution in [0.25, 0.3) is 10.4 Å². The molecule has 1 aromatic heterocycles. The van der Waals surface area contributed by atoms with Gasteiger partial charge in [-0.25, -0.2) is 0 Å². The highest BCUT2D eigenvalue weighted by Crippen LogP contribution is 2.32. The van der Waals surface area contributed by atoms with E-state index < -0.39 is 23.2 Å². The van der Waals surface area contributed by atoms with Gasteiger partial charge in [-0.05, 0) is 18.4 Å². The van der Waals surface area contributed by atoms with Crippen LogP contribution in [0.4, 0.5) is 5.69 Å². The fourth-order valence-corrected chi connectivity index (χ4v) is 2.02. The molecule has 0 aromatic carbocycles. The third-order valence-electron chi connectivity index (χ3n) is 3.00. The summed E-state index contributed by atoms with van der Waals surface area (Å²) in [5.41, 5.74) is 8.51. The van der Waals surface area contributed by atoms with Crippen LogP contribution in [0.5, 0.6) is 0 Å². The van der Waals surface area contributed by atoms with E-state index in [-0.39, 0.29) is 18.0 Å². The van der Waals surface area contributed by atoms with Crippen LogP contribution in [-0.4, -0.2) is 39.0 Å². The summed E-state index contributed by atoms with van der Waals surface area (Å²) >= 11 is 0. The lowest BCUT2D eigenvalue weighted by molar-refractivity contribution is -0.386. The SMILES string of the molecule is [N-]=[N+]=N[C@@H]1CC[C@@H](c2[nH]ncc2[N+](=O)[O-])OC[C@H]1O. The summed E-state index contributed by atoms with van der Waals surface area (Å²) in [5.74, 6) is 0. The first kappa shape index (κ1) is 13.3. The average Bonchev–Trinajstić information content (AvgIpc) is 2.79. The number of hydrogen-bond acceptors (Lipinski definition) is 6. The first-order valence-corrected chi connectivity index (χ1v) is 5.65. The lowest BCUT2D eigenvalue weighted by Gasteiger charge is -2.13. The van der Waals surface area contributed by atoms with Crippen LogP contribution in [-0.2, 0) is 4.74 Å². The quantitative estimate of drug-likeness (QED) is 0.277. The number of nitrogens with zero attached hydrogens (tertiary/aromatic N) is 5. The number of nitro groups is 1. The number of ether oxygens (including phenoxy) is 1. The largest absolute Gasteiger partial charge is 0.390 e.